The SMILES string of the molecule is Fc1cccc(OCc2cc[c]cc2)c1. The van der Waals surface area contributed by atoms with Gasteiger partial charge in [-0.2, -0.15) is 0 Å². The lowest BCUT2D eigenvalue weighted by molar-refractivity contribution is 0.304. The monoisotopic (exact) mass is 201 g/mol. The molecule has 15 heavy (non-hydrogen) atoms. The largest absolute Gasteiger partial charge is 0.489 e. The van der Waals surface area contributed by atoms with Crippen LogP contribution in [0.4, 0.5) is 4.39 Å². The molecule has 0 amide bonds. The van der Waals surface area contributed by atoms with Crippen molar-refractivity contribution in [1.29, 1.82) is 0 Å². The summed E-state index contributed by atoms with van der Waals surface area (Å²) in [4.78, 5) is 0. The second kappa shape index (κ2) is 4.60. The van der Waals surface area contributed by atoms with Crippen LogP contribution in [0.2, 0.25) is 0 Å². The Morgan fingerprint density at radius 2 is 1.93 bits per heavy atom. The van der Waals surface area contributed by atoms with Crippen molar-refractivity contribution in [2.75, 3.05) is 0 Å². The van der Waals surface area contributed by atoms with E-state index in [0.717, 1.165) is 5.56 Å². The Hall–Kier alpha value is -1.83. The molecule has 0 heterocycles. The van der Waals surface area contributed by atoms with Crippen molar-refractivity contribution in [3.63, 3.8) is 0 Å². The van der Waals surface area contributed by atoms with Gasteiger partial charge in [-0.1, -0.05) is 30.3 Å². The Labute approximate surface area is 88.1 Å². The van der Waals surface area contributed by atoms with E-state index in [2.05, 4.69) is 6.07 Å². The molecule has 0 N–H and O–H groups in total. The predicted molar refractivity (Wildman–Crippen MR) is 56.0 cm³/mol. The van der Waals surface area contributed by atoms with Crippen molar-refractivity contribution >= 4 is 0 Å². The number of hydrogen-bond acceptors (Lipinski definition) is 1. The molecule has 1 radical (unpaired) electrons. The average molecular weight is 201 g/mol. The minimum Gasteiger partial charge on any atom is -0.489 e. The standard InChI is InChI=1S/C13H10FO/c14-12-7-4-8-13(9-12)15-10-11-5-2-1-3-6-11/h2-9H,10H2. The van der Waals surface area contributed by atoms with Crippen LogP contribution in [0.25, 0.3) is 0 Å². The molecule has 0 unspecified atom stereocenters. The normalized spacial score (nSPS) is 9.93. The molecule has 75 valence electrons. The van der Waals surface area contributed by atoms with Gasteiger partial charge in [0.2, 0.25) is 0 Å². The lowest BCUT2D eigenvalue weighted by Crippen LogP contribution is -1.94. The van der Waals surface area contributed by atoms with E-state index < -0.39 is 0 Å². The van der Waals surface area contributed by atoms with Crippen LogP contribution in [0.3, 0.4) is 0 Å². The van der Waals surface area contributed by atoms with E-state index in [-0.39, 0.29) is 5.82 Å². The zero-order valence-electron chi connectivity index (χ0n) is 8.11. The number of benzene rings is 2. The maximum absolute atomic E-state index is 12.8. The number of hydrogen-bond donors (Lipinski definition) is 0. The van der Waals surface area contributed by atoms with Crippen molar-refractivity contribution in [3.05, 3.63) is 66.0 Å². The van der Waals surface area contributed by atoms with Crippen LogP contribution < -0.4 is 4.74 Å². The van der Waals surface area contributed by atoms with Gasteiger partial charge >= 0.3 is 0 Å². The Morgan fingerprint density at radius 1 is 1.13 bits per heavy atom. The molecule has 0 aliphatic rings. The quantitative estimate of drug-likeness (QED) is 0.741. The first-order valence-corrected chi connectivity index (χ1v) is 4.68. The molecular weight excluding hydrogens is 191 g/mol. The highest BCUT2D eigenvalue weighted by Gasteiger charge is 1.96. The summed E-state index contributed by atoms with van der Waals surface area (Å²) in [6.45, 7) is 0.443. The molecule has 2 aromatic carbocycles. The summed E-state index contributed by atoms with van der Waals surface area (Å²) < 4.78 is 18.2. The van der Waals surface area contributed by atoms with Crippen LogP contribution in [0.15, 0.2) is 48.5 Å². The van der Waals surface area contributed by atoms with Crippen LogP contribution in [-0.2, 0) is 6.61 Å². The van der Waals surface area contributed by atoms with Crippen LogP contribution in [0.1, 0.15) is 5.56 Å². The van der Waals surface area contributed by atoms with Crippen molar-refractivity contribution in [3.8, 4) is 5.75 Å². The number of ether oxygens (including phenoxy) is 1. The first kappa shape index (κ1) is 9.71. The fraction of sp³-hybridized carbons (Fsp3) is 0.0769. The molecule has 2 rings (SSSR count). The lowest BCUT2D eigenvalue weighted by Gasteiger charge is -2.05. The third kappa shape index (κ3) is 2.81. The summed E-state index contributed by atoms with van der Waals surface area (Å²) in [6, 6.07) is 16.5. The smallest absolute Gasteiger partial charge is 0.126 e. The summed E-state index contributed by atoms with van der Waals surface area (Å²) in [5.41, 5.74) is 1.04. The zero-order chi connectivity index (χ0) is 10.5. The fourth-order valence-corrected chi connectivity index (χ4v) is 1.24. The van der Waals surface area contributed by atoms with Gasteiger partial charge in [-0.25, -0.2) is 4.39 Å². The number of rotatable bonds is 3. The first-order chi connectivity index (χ1) is 7.34. The van der Waals surface area contributed by atoms with Gasteiger partial charge in [0, 0.05) is 6.07 Å². The van der Waals surface area contributed by atoms with Crippen molar-refractivity contribution in [2.24, 2.45) is 0 Å². The molecule has 0 atom stereocenters. The molecule has 0 fully saturated rings. The maximum Gasteiger partial charge on any atom is 0.126 e. The van der Waals surface area contributed by atoms with Gasteiger partial charge in [0.05, 0.1) is 0 Å². The second-order valence-corrected chi connectivity index (χ2v) is 3.15. The minimum absolute atomic E-state index is 0.283. The van der Waals surface area contributed by atoms with Crippen molar-refractivity contribution in [1.82, 2.24) is 0 Å². The molecular formula is C13H10FO. The Bertz CT molecular complexity index is 426. The summed E-state index contributed by atoms with van der Waals surface area (Å²) >= 11 is 0. The molecule has 0 saturated heterocycles. The van der Waals surface area contributed by atoms with Crippen LogP contribution in [-0.4, -0.2) is 0 Å². The average Bonchev–Trinajstić information content (AvgIpc) is 2.28. The Morgan fingerprint density at radius 3 is 2.67 bits per heavy atom. The van der Waals surface area contributed by atoms with E-state index >= 15 is 0 Å². The fourth-order valence-electron chi connectivity index (χ4n) is 1.24. The van der Waals surface area contributed by atoms with Gasteiger partial charge in [-0.3, -0.25) is 0 Å². The highest BCUT2D eigenvalue weighted by molar-refractivity contribution is 5.23. The third-order valence-corrected chi connectivity index (χ3v) is 1.99. The molecule has 0 aliphatic heterocycles. The molecule has 0 saturated carbocycles. The van der Waals surface area contributed by atoms with Crippen molar-refractivity contribution in [2.45, 2.75) is 6.61 Å². The van der Waals surface area contributed by atoms with Gasteiger partial charge in [0.25, 0.3) is 0 Å². The van der Waals surface area contributed by atoms with Gasteiger partial charge in [-0.05, 0) is 23.8 Å². The van der Waals surface area contributed by atoms with E-state index in [9.17, 15) is 4.39 Å². The highest BCUT2D eigenvalue weighted by atomic mass is 19.1. The maximum atomic E-state index is 12.8. The van der Waals surface area contributed by atoms with E-state index in [1.165, 1.54) is 12.1 Å². The molecule has 0 aromatic heterocycles. The van der Waals surface area contributed by atoms with Crippen LogP contribution in [0.5, 0.6) is 5.75 Å². The van der Waals surface area contributed by atoms with Crippen LogP contribution >= 0.6 is 0 Å². The summed E-state index contributed by atoms with van der Waals surface area (Å²) in [5, 5.41) is 0. The van der Waals surface area contributed by atoms with Gasteiger partial charge in [0.1, 0.15) is 18.2 Å². The summed E-state index contributed by atoms with van der Waals surface area (Å²) in [7, 11) is 0. The zero-order valence-corrected chi connectivity index (χ0v) is 8.11. The third-order valence-electron chi connectivity index (χ3n) is 1.99. The topological polar surface area (TPSA) is 9.23 Å². The highest BCUT2D eigenvalue weighted by Crippen LogP contribution is 2.13. The molecule has 2 heteroatoms. The van der Waals surface area contributed by atoms with Gasteiger partial charge in [0.15, 0.2) is 0 Å². The van der Waals surface area contributed by atoms with E-state index in [0.29, 0.717) is 12.4 Å². The second-order valence-electron chi connectivity index (χ2n) is 3.15. The van der Waals surface area contributed by atoms with Crippen molar-refractivity contribution < 1.29 is 9.13 Å². The Balaban J connectivity index is 1.99. The predicted octanol–water partition coefficient (Wildman–Crippen LogP) is 3.20. The van der Waals surface area contributed by atoms with E-state index in [1.54, 1.807) is 12.1 Å². The molecule has 0 aliphatic carbocycles. The molecule has 0 spiro atoms. The minimum atomic E-state index is -0.283. The van der Waals surface area contributed by atoms with E-state index in [1.807, 2.05) is 24.3 Å². The van der Waals surface area contributed by atoms with Gasteiger partial charge in [-0.15, -0.1) is 0 Å². The van der Waals surface area contributed by atoms with E-state index in [4.69, 9.17) is 4.74 Å². The summed E-state index contributed by atoms with van der Waals surface area (Å²) in [6.07, 6.45) is 0. The van der Waals surface area contributed by atoms with Crippen LogP contribution in [0, 0.1) is 11.9 Å². The summed E-state index contributed by atoms with van der Waals surface area (Å²) in [5.74, 6) is 0.261. The molecule has 2 aromatic rings. The molecule has 0 bridgehead atoms. The Kier molecular flexibility index (Phi) is 2.98. The first-order valence-electron chi connectivity index (χ1n) is 4.68. The lowest BCUT2D eigenvalue weighted by atomic mass is 10.2. The number of halogens is 1. The van der Waals surface area contributed by atoms with Gasteiger partial charge < -0.3 is 4.74 Å². The molecule has 1 nitrogen and oxygen atoms in total.